The SMILES string of the molecule is CNc1cc([C@H]2CC(=O)N(c3ccc(F)cc3)C2)nc(CN(C)C(=O)CN(C)C)n1. The Balaban J connectivity index is 1.79. The fraction of sp³-hybridized carbons (Fsp3) is 0.429. The maximum Gasteiger partial charge on any atom is 0.236 e. The third kappa shape index (κ3) is 5.10. The standard InChI is InChI=1S/C21H27FN6O2/c1-23-18-10-17(24-19(25-18)12-27(4)21(30)13-26(2)3)14-9-20(29)28(11-14)16-7-5-15(22)6-8-16/h5-8,10,14H,9,11-13H2,1-4H3,(H,23,24,25)/t14-/m0/s1. The van der Waals surface area contributed by atoms with Crippen molar-refractivity contribution in [2.24, 2.45) is 0 Å². The Kier molecular flexibility index (Phi) is 6.61. The average molecular weight is 414 g/mol. The summed E-state index contributed by atoms with van der Waals surface area (Å²) >= 11 is 0. The fourth-order valence-corrected chi connectivity index (χ4v) is 3.39. The van der Waals surface area contributed by atoms with Gasteiger partial charge in [0, 0.05) is 44.7 Å². The van der Waals surface area contributed by atoms with E-state index in [2.05, 4.69) is 15.3 Å². The number of likely N-dealkylation sites (N-methyl/N-ethyl adjacent to an activating group) is 2. The van der Waals surface area contributed by atoms with E-state index in [1.165, 1.54) is 12.1 Å². The van der Waals surface area contributed by atoms with Gasteiger partial charge < -0.3 is 20.0 Å². The number of carbonyl (C=O) groups excluding carboxylic acids is 2. The van der Waals surface area contributed by atoms with E-state index in [0.717, 1.165) is 5.69 Å². The minimum atomic E-state index is -0.339. The third-order valence-corrected chi connectivity index (χ3v) is 4.99. The summed E-state index contributed by atoms with van der Waals surface area (Å²) in [5.41, 5.74) is 1.41. The van der Waals surface area contributed by atoms with Crippen LogP contribution in [-0.2, 0) is 16.1 Å². The Morgan fingerprint density at radius 2 is 1.93 bits per heavy atom. The predicted molar refractivity (Wildman–Crippen MR) is 113 cm³/mol. The Morgan fingerprint density at radius 1 is 1.23 bits per heavy atom. The van der Waals surface area contributed by atoms with Crippen molar-refractivity contribution in [1.82, 2.24) is 19.8 Å². The van der Waals surface area contributed by atoms with Gasteiger partial charge in [-0.05, 0) is 38.4 Å². The van der Waals surface area contributed by atoms with E-state index in [1.807, 2.05) is 25.1 Å². The fourth-order valence-electron chi connectivity index (χ4n) is 3.39. The van der Waals surface area contributed by atoms with Gasteiger partial charge in [0.2, 0.25) is 11.8 Å². The van der Waals surface area contributed by atoms with Gasteiger partial charge in [0.25, 0.3) is 0 Å². The summed E-state index contributed by atoms with van der Waals surface area (Å²) in [4.78, 5) is 39.0. The van der Waals surface area contributed by atoms with Gasteiger partial charge in [-0.25, -0.2) is 14.4 Å². The van der Waals surface area contributed by atoms with Crippen LogP contribution in [0.25, 0.3) is 0 Å². The molecule has 0 bridgehead atoms. The van der Waals surface area contributed by atoms with Crippen LogP contribution in [-0.4, -0.2) is 72.9 Å². The number of nitrogens with one attached hydrogen (secondary N) is 1. The second-order valence-electron chi connectivity index (χ2n) is 7.71. The van der Waals surface area contributed by atoms with Crippen molar-refractivity contribution in [3.63, 3.8) is 0 Å². The summed E-state index contributed by atoms with van der Waals surface area (Å²) in [6.45, 7) is 1.04. The molecular weight excluding hydrogens is 387 g/mol. The first-order valence-corrected chi connectivity index (χ1v) is 9.77. The maximum atomic E-state index is 13.2. The van der Waals surface area contributed by atoms with E-state index in [-0.39, 0.29) is 30.1 Å². The van der Waals surface area contributed by atoms with Crippen molar-refractivity contribution in [2.75, 3.05) is 51.5 Å². The summed E-state index contributed by atoms with van der Waals surface area (Å²) in [6.07, 6.45) is 0.312. The number of amides is 2. The van der Waals surface area contributed by atoms with Crippen molar-refractivity contribution < 1.29 is 14.0 Å². The molecule has 2 amide bonds. The number of benzene rings is 1. The molecule has 2 heterocycles. The van der Waals surface area contributed by atoms with E-state index >= 15 is 0 Å². The smallest absolute Gasteiger partial charge is 0.236 e. The van der Waals surface area contributed by atoms with E-state index in [0.29, 0.717) is 36.8 Å². The first kappa shape index (κ1) is 21.6. The lowest BCUT2D eigenvalue weighted by molar-refractivity contribution is -0.131. The highest BCUT2D eigenvalue weighted by molar-refractivity contribution is 5.96. The molecule has 0 saturated carbocycles. The zero-order valence-corrected chi connectivity index (χ0v) is 17.7. The van der Waals surface area contributed by atoms with Crippen molar-refractivity contribution >= 4 is 23.3 Å². The summed E-state index contributed by atoms with van der Waals surface area (Å²) in [5.74, 6) is 0.637. The second kappa shape index (κ2) is 9.17. The summed E-state index contributed by atoms with van der Waals surface area (Å²) in [5, 5.41) is 3.02. The maximum absolute atomic E-state index is 13.2. The van der Waals surface area contributed by atoms with Crippen LogP contribution in [0.5, 0.6) is 0 Å². The molecule has 1 atom stereocenters. The first-order valence-electron chi connectivity index (χ1n) is 9.77. The first-order chi connectivity index (χ1) is 14.3. The Labute approximate surface area is 175 Å². The van der Waals surface area contributed by atoms with E-state index < -0.39 is 0 Å². The molecule has 1 saturated heterocycles. The lowest BCUT2D eigenvalue weighted by Crippen LogP contribution is -2.35. The highest BCUT2D eigenvalue weighted by Crippen LogP contribution is 2.31. The Bertz CT molecular complexity index is 918. The van der Waals surface area contributed by atoms with Gasteiger partial charge in [0.15, 0.2) is 0 Å². The molecular formula is C21H27FN6O2. The molecule has 1 aromatic heterocycles. The minimum Gasteiger partial charge on any atom is -0.373 e. The molecule has 2 aromatic rings. The van der Waals surface area contributed by atoms with Gasteiger partial charge in [-0.15, -0.1) is 0 Å². The van der Waals surface area contributed by atoms with Crippen molar-refractivity contribution in [3.8, 4) is 0 Å². The number of carbonyl (C=O) groups is 2. The van der Waals surface area contributed by atoms with Crippen LogP contribution >= 0.6 is 0 Å². The lowest BCUT2D eigenvalue weighted by Gasteiger charge is -2.20. The second-order valence-corrected chi connectivity index (χ2v) is 7.71. The molecule has 0 unspecified atom stereocenters. The Morgan fingerprint density at radius 3 is 2.57 bits per heavy atom. The molecule has 0 spiro atoms. The zero-order valence-electron chi connectivity index (χ0n) is 17.7. The molecule has 30 heavy (non-hydrogen) atoms. The van der Waals surface area contributed by atoms with Gasteiger partial charge in [0.05, 0.1) is 18.8 Å². The van der Waals surface area contributed by atoms with Crippen LogP contribution in [0.2, 0.25) is 0 Å². The van der Waals surface area contributed by atoms with Crippen molar-refractivity contribution in [2.45, 2.75) is 18.9 Å². The minimum absolute atomic E-state index is 0.0291. The molecule has 1 fully saturated rings. The van der Waals surface area contributed by atoms with E-state index in [9.17, 15) is 14.0 Å². The number of hydrogen-bond acceptors (Lipinski definition) is 6. The lowest BCUT2D eigenvalue weighted by atomic mass is 10.0. The molecule has 1 aliphatic rings. The molecule has 1 aliphatic heterocycles. The molecule has 8 nitrogen and oxygen atoms in total. The molecule has 9 heteroatoms. The van der Waals surface area contributed by atoms with Gasteiger partial charge in [-0.3, -0.25) is 9.59 Å². The van der Waals surface area contributed by atoms with Gasteiger partial charge in [0.1, 0.15) is 17.5 Å². The average Bonchev–Trinajstić information content (AvgIpc) is 3.09. The van der Waals surface area contributed by atoms with Gasteiger partial charge in [-0.2, -0.15) is 0 Å². The van der Waals surface area contributed by atoms with Crippen molar-refractivity contribution in [1.29, 1.82) is 0 Å². The van der Waals surface area contributed by atoms with Crippen LogP contribution < -0.4 is 10.2 Å². The molecule has 3 rings (SSSR count). The molecule has 1 aromatic carbocycles. The highest BCUT2D eigenvalue weighted by Gasteiger charge is 2.33. The number of halogens is 1. The summed E-state index contributed by atoms with van der Waals surface area (Å²) < 4.78 is 13.2. The Hall–Kier alpha value is -3.07. The van der Waals surface area contributed by atoms with Crippen LogP contribution in [0.3, 0.4) is 0 Å². The highest BCUT2D eigenvalue weighted by atomic mass is 19.1. The van der Waals surface area contributed by atoms with Crippen LogP contribution in [0.4, 0.5) is 15.9 Å². The normalized spacial score (nSPS) is 16.3. The summed E-state index contributed by atoms with van der Waals surface area (Å²) in [6, 6.07) is 7.73. The monoisotopic (exact) mass is 414 g/mol. The van der Waals surface area contributed by atoms with E-state index in [1.54, 1.807) is 36.0 Å². The molecule has 160 valence electrons. The molecule has 0 aliphatic carbocycles. The van der Waals surface area contributed by atoms with Gasteiger partial charge in [-0.1, -0.05) is 0 Å². The topological polar surface area (TPSA) is 81.7 Å². The zero-order chi connectivity index (χ0) is 21.8. The largest absolute Gasteiger partial charge is 0.373 e. The van der Waals surface area contributed by atoms with Crippen molar-refractivity contribution in [3.05, 3.63) is 47.7 Å². The van der Waals surface area contributed by atoms with Crippen LogP contribution in [0.1, 0.15) is 23.9 Å². The predicted octanol–water partition coefficient (Wildman–Crippen LogP) is 1.70. The number of rotatable bonds is 7. The third-order valence-electron chi connectivity index (χ3n) is 4.99. The molecule has 0 radical (unpaired) electrons. The van der Waals surface area contributed by atoms with Crippen LogP contribution in [0, 0.1) is 5.82 Å². The number of hydrogen-bond donors (Lipinski definition) is 1. The van der Waals surface area contributed by atoms with Crippen LogP contribution in [0.15, 0.2) is 30.3 Å². The quantitative estimate of drug-likeness (QED) is 0.743. The number of nitrogens with zero attached hydrogens (tertiary/aromatic N) is 5. The number of aromatic nitrogens is 2. The van der Waals surface area contributed by atoms with E-state index in [4.69, 9.17) is 0 Å². The molecule has 1 N–H and O–H groups in total. The van der Waals surface area contributed by atoms with Gasteiger partial charge >= 0.3 is 0 Å². The summed E-state index contributed by atoms with van der Waals surface area (Å²) in [7, 11) is 7.16. The number of anilines is 2.